The number of hydrogen-bond acceptors (Lipinski definition) is 3. The van der Waals surface area contributed by atoms with E-state index in [0.717, 1.165) is 18.8 Å². The van der Waals surface area contributed by atoms with Crippen LogP contribution < -0.4 is 10.5 Å². The number of nitrogens with zero attached hydrogens (tertiary/aromatic N) is 1. The fourth-order valence-corrected chi connectivity index (χ4v) is 2.06. The maximum atomic E-state index is 5.81. The Kier molecular flexibility index (Phi) is 3.17. The molecule has 0 saturated heterocycles. The van der Waals surface area contributed by atoms with E-state index in [1.54, 1.807) is 7.11 Å². The number of likely N-dealkylation sites (N-methyl/N-ethyl adjacent to an activating group) is 1. The minimum absolute atomic E-state index is 0.278. The molecule has 2 N–H and O–H groups in total. The van der Waals surface area contributed by atoms with Gasteiger partial charge in [-0.2, -0.15) is 0 Å². The second-order valence-corrected chi connectivity index (χ2v) is 4.63. The number of ether oxygens (including phenoxy) is 1. The van der Waals surface area contributed by atoms with Gasteiger partial charge < -0.3 is 10.5 Å². The van der Waals surface area contributed by atoms with Crippen LogP contribution in [0, 0.1) is 0 Å². The fraction of sp³-hybridized carbons (Fsp3) is 0.538. The third-order valence-corrected chi connectivity index (χ3v) is 3.60. The first kappa shape index (κ1) is 11.4. The zero-order chi connectivity index (χ0) is 11.6. The van der Waals surface area contributed by atoms with Crippen molar-refractivity contribution in [3.8, 4) is 5.75 Å². The summed E-state index contributed by atoms with van der Waals surface area (Å²) in [5.74, 6) is 0.909. The molecule has 0 spiro atoms. The van der Waals surface area contributed by atoms with Gasteiger partial charge in [0, 0.05) is 18.6 Å². The van der Waals surface area contributed by atoms with Gasteiger partial charge in [0.15, 0.2) is 0 Å². The highest BCUT2D eigenvalue weighted by molar-refractivity contribution is 5.27. The zero-order valence-corrected chi connectivity index (χ0v) is 10.1. The number of hydrogen-bond donors (Lipinski definition) is 1. The number of nitrogens with two attached hydrogens (primary N) is 1. The molecule has 1 aromatic carbocycles. The predicted octanol–water partition coefficient (Wildman–Crippen LogP) is 1.62. The molecule has 2 rings (SSSR count). The molecule has 0 unspecified atom stereocenters. The van der Waals surface area contributed by atoms with E-state index in [1.165, 1.54) is 18.4 Å². The number of rotatable bonds is 5. The average molecular weight is 220 g/mol. The molecular weight excluding hydrogens is 200 g/mol. The summed E-state index contributed by atoms with van der Waals surface area (Å²) < 4.78 is 5.14. The first-order chi connectivity index (χ1) is 7.70. The van der Waals surface area contributed by atoms with Crippen molar-refractivity contribution in [2.24, 2.45) is 5.73 Å². The maximum Gasteiger partial charge on any atom is 0.118 e. The van der Waals surface area contributed by atoms with Crippen LogP contribution in [0.3, 0.4) is 0 Å². The van der Waals surface area contributed by atoms with Crippen molar-refractivity contribution < 1.29 is 4.74 Å². The van der Waals surface area contributed by atoms with Crippen molar-refractivity contribution in [1.29, 1.82) is 0 Å². The van der Waals surface area contributed by atoms with Crippen molar-refractivity contribution in [1.82, 2.24) is 4.90 Å². The molecule has 0 aliphatic heterocycles. The van der Waals surface area contributed by atoms with Crippen molar-refractivity contribution in [3.05, 3.63) is 29.8 Å². The van der Waals surface area contributed by atoms with Crippen molar-refractivity contribution in [3.63, 3.8) is 0 Å². The summed E-state index contributed by atoms with van der Waals surface area (Å²) in [7, 11) is 3.85. The first-order valence-corrected chi connectivity index (χ1v) is 5.74. The first-order valence-electron chi connectivity index (χ1n) is 5.74. The highest BCUT2D eigenvalue weighted by Gasteiger charge is 2.44. The average Bonchev–Trinajstić information content (AvgIpc) is 3.11. The van der Waals surface area contributed by atoms with Gasteiger partial charge in [0.2, 0.25) is 0 Å². The van der Waals surface area contributed by atoms with Gasteiger partial charge in [0.25, 0.3) is 0 Å². The standard InChI is InChI=1S/C13H20N2O/c1-15(13(10-14)7-8-13)9-11-3-5-12(16-2)6-4-11/h3-6H,7-10,14H2,1-2H3. The molecule has 3 nitrogen and oxygen atoms in total. The minimum Gasteiger partial charge on any atom is -0.497 e. The largest absolute Gasteiger partial charge is 0.497 e. The van der Waals surface area contributed by atoms with Crippen molar-refractivity contribution in [2.75, 3.05) is 20.7 Å². The van der Waals surface area contributed by atoms with E-state index in [1.807, 2.05) is 12.1 Å². The van der Waals surface area contributed by atoms with Gasteiger partial charge in [-0.3, -0.25) is 4.90 Å². The lowest BCUT2D eigenvalue weighted by molar-refractivity contribution is 0.218. The lowest BCUT2D eigenvalue weighted by Crippen LogP contribution is -2.39. The van der Waals surface area contributed by atoms with E-state index in [4.69, 9.17) is 10.5 Å². The van der Waals surface area contributed by atoms with Crippen LogP contribution in [0.1, 0.15) is 18.4 Å². The molecule has 88 valence electrons. The van der Waals surface area contributed by atoms with E-state index in [9.17, 15) is 0 Å². The van der Waals surface area contributed by atoms with E-state index in [0.29, 0.717) is 0 Å². The van der Waals surface area contributed by atoms with Gasteiger partial charge in [0.05, 0.1) is 7.11 Å². The molecule has 0 bridgehead atoms. The topological polar surface area (TPSA) is 38.5 Å². The molecule has 1 aliphatic carbocycles. The highest BCUT2D eigenvalue weighted by Crippen LogP contribution is 2.40. The molecular formula is C13H20N2O. The molecule has 3 heteroatoms. The van der Waals surface area contributed by atoms with E-state index in [2.05, 4.69) is 24.1 Å². The van der Waals surface area contributed by atoms with Gasteiger partial charge in [-0.1, -0.05) is 12.1 Å². The lowest BCUT2D eigenvalue weighted by atomic mass is 10.1. The summed E-state index contributed by atoms with van der Waals surface area (Å²) in [6.45, 7) is 1.72. The molecule has 16 heavy (non-hydrogen) atoms. The van der Waals surface area contributed by atoms with Gasteiger partial charge in [-0.25, -0.2) is 0 Å². The molecule has 1 aromatic rings. The summed E-state index contributed by atoms with van der Waals surface area (Å²) in [5, 5.41) is 0. The van der Waals surface area contributed by atoms with Crippen LogP contribution in [-0.4, -0.2) is 31.1 Å². The Morgan fingerprint density at radius 3 is 2.38 bits per heavy atom. The predicted molar refractivity (Wildman–Crippen MR) is 65.5 cm³/mol. The Hall–Kier alpha value is -1.06. The molecule has 0 heterocycles. The monoisotopic (exact) mass is 220 g/mol. The smallest absolute Gasteiger partial charge is 0.118 e. The highest BCUT2D eigenvalue weighted by atomic mass is 16.5. The summed E-state index contributed by atoms with van der Waals surface area (Å²) in [5.41, 5.74) is 7.39. The Morgan fingerprint density at radius 2 is 1.94 bits per heavy atom. The lowest BCUT2D eigenvalue weighted by Gasteiger charge is -2.26. The van der Waals surface area contributed by atoms with Crippen molar-refractivity contribution >= 4 is 0 Å². The van der Waals surface area contributed by atoms with Crippen LogP contribution in [0.5, 0.6) is 5.75 Å². The van der Waals surface area contributed by atoms with Crippen LogP contribution in [0.15, 0.2) is 24.3 Å². The summed E-state index contributed by atoms with van der Waals surface area (Å²) in [4.78, 5) is 2.37. The maximum absolute atomic E-state index is 5.81. The van der Waals surface area contributed by atoms with Gasteiger partial charge in [-0.15, -0.1) is 0 Å². The van der Waals surface area contributed by atoms with Gasteiger partial charge in [-0.05, 0) is 37.6 Å². The quantitative estimate of drug-likeness (QED) is 0.819. The zero-order valence-electron chi connectivity index (χ0n) is 10.1. The summed E-state index contributed by atoms with van der Waals surface area (Å²) in [6, 6.07) is 8.24. The third kappa shape index (κ3) is 2.20. The van der Waals surface area contributed by atoms with Gasteiger partial charge >= 0.3 is 0 Å². The van der Waals surface area contributed by atoms with Crippen LogP contribution >= 0.6 is 0 Å². The fourth-order valence-electron chi connectivity index (χ4n) is 2.06. The summed E-state index contributed by atoms with van der Waals surface area (Å²) >= 11 is 0. The van der Waals surface area contributed by atoms with E-state index in [-0.39, 0.29) is 5.54 Å². The van der Waals surface area contributed by atoms with E-state index >= 15 is 0 Å². The number of benzene rings is 1. The second-order valence-electron chi connectivity index (χ2n) is 4.63. The molecule has 1 fully saturated rings. The number of methoxy groups -OCH3 is 1. The third-order valence-electron chi connectivity index (χ3n) is 3.60. The SMILES string of the molecule is COc1ccc(CN(C)C2(CN)CC2)cc1. The molecule has 0 amide bonds. The van der Waals surface area contributed by atoms with Gasteiger partial charge in [0.1, 0.15) is 5.75 Å². The molecule has 0 aromatic heterocycles. The normalized spacial score (nSPS) is 17.5. The Balaban J connectivity index is 1.98. The van der Waals surface area contributed by atoms with Crippen LogP contribution in [-0.2, 0) is 6.54 Å². The van der Waals surface area contributed by atoms with E-state index < -0.39 is 0 Å². The van der Waals surface area contributed by atoms with Crippen LogP contribution in [0.2, 0.25) is 0 Å². The molecule has 1 saturated carbocycles. The summed E-state index contributed by atoms with van der Waals surface area (Å²) in [6.07, 6.45) is 2.46. The Bertz CT molecular complexity index is 343. The molecule has 1 aliphatic rings. The van der Waals surface area contributed by atoms with Crippen LogP contribution in [0.25, 0.3) is 0 Å². The Labute approximate surface area is 97.2 Å². The molecule has 0 atom stereocenters. The minimum atomic E-state index is 0.278. The Morgan fingerprint density at radius 1 is 1.31 bits per heavy atom. The second kappa shape index (κ2) is 4.44. The van der Waals surface area contributed by atoms with Crippen LogP contribution in [0.4, 0.5) is 0 Å². The molecule has 0 radical (unpaired) electrons. The van der Waals surface area contributed by atoms with Crippen molar-refractivity contribution in [2.45, 2.75) is 24.9 Å².